The molecule has 0 atom stereocenters. The van der Waals surface area contributed by atoms with Crippen molar-refractivity contribution in [3.8, 4) is 11.6 Å². The van der Waals surface area contributed by atoms with E-state index in [1.807, 2.05) is 24.3 Å². The van der Waals surface area contributed by atoms with Gasteiger partial charge in [-0.25, -0.2) is 9.78 Å². The highest BCUT2D eigenvalue weighted by Crippen LogP contribution is 2.16. The van der Waals surface area contributed by atoms with Crippen LogP contribution in [-0.4, -0.2) is 23.2 Å². The Labute approximate surface area is 116 Å². The van der Waals surface area contributed by atoms with Crippen molar-refractivity contribution in [2.45, 2.75) is 13.5 Å². The molecule has 2 rings (SSSR count). The van der Waals surface area contributed by atoms with Crippen molar-refractivity contribution in [2.75, 3.05) is 7.11 Å². The van der Waals surface area contributed by atoms with Crippen LogP contribution >= 0.6 is 0 Å². The van der Waals surface area contributed by atoms with Crippen LogP contribution in [-0.2, 0) is 6.61 Å². The maximum Gasteiger partial charge on any atom is 0.337 e. The van der Waals surface area contributed by atoms with E-state index in [4.69, 9.17) is 14.6 Å². The molecule has 0 aliphatic heterocycles. The van der Waals surface area contributed by atoms with Gasteiger partial charge in [0.1, 0.15) is 12.4 Å². The molecule has 0 aliphatic rings. The second-order valence-electron chi connectivity index (χ2n) is 4.23. The van der Waals surface area contributed by atoms with Crippen molar-refractivity contribution >= 4 is 5.97 Å². The van der Waals surface area contributed by atoms with Crippen LogP contribution in [0.2, 0.25) is 0 Å². The normalized spacial score (nSPS) is 10.1. The number of nitrogens with zero attached hydrogens (tertiary/aromatic N) is 1. The van der Waals surface area contributed by atoms with Gasteiger partial charge in [-0.3, -0.25) is 0 Å². The molecule has 1 aromatic heterocycles. The Bertz CT molecular complexity index is 625. The van der Waals surface area contributed by atoms with E-state index in [0.717, 1.165) is 11.3 Å². The van der Waals surface area contributed by atoms with Crippen molar-refractivity contribution in [1.82, 2.24) is 4.98 Å². The molecule has 1 N–H and O–H groups in total. The lowest BCUT2D eigenvalue weighted by Gasteiger charge is -2.08. The molecule has 2 aromatic rings. The molecule has 104 valence electrons. The van der Waals surface area contributed by atoms with E-state index in [9.17, 15) is 4.79 Å². The van der Waals surface area contributed by atoms with Crippen LogP contribution < -0.4 is 9.47 Å². The van der Waals surface area contributed by atoms with E-state index in [0.29, 0.717) is 18.2 Å². The second kappa shape index (κ2) is 6.06. The highest BCUT2D eigenvalue weighted by molar-refractivity contribution is 5.88. The number of carbonyl (C=O) groups is 1. The molecule has 0 saturated carbocycles. The quantitative estimate of drug-likeness (QED) is 0.907. The third-order valence-electron chi connectivity index (χ3n) is 2.81. The smallest absolute Gasteiger partial charge is 0.337 e. The number of hydrogen-bond donors (Lipinski definition) is 1. The SMILES string of the molecule is COc1cccc(COc2ccc(C(=O)O)c(C)n2)c1. The Hall–Kier alpha value is -2.56. The van der Waals surface area contributed by atoms with E-state index in [1.54, 1.807) is 20.1 Å². The maximum atomic E-state index is 10.9. The minimum Gasteiger partial charge on any atom is -0.497 e. The summed E-state index contributed by atoms with van der Waals surface area (Å²) in [5.41, 5.74) is 1.56. The largest absolute Gasteiger partial charge is 0.497 e. The van der Waals surface area contributed by atoms with Crippen molar-refractivity contribution in [3.63, 3.8) is 0 Å². The molecule has 0 saturated heterocycles. The molecule has 0 fully saturated rings. The lowest BCUT2D eigenvalue weighted by atomic mass is 10.2. The summed E-state index contributed by atoms with van der Waals surface area (Å²) in [6, 6.07) is 10.6. The Kier molecular flexibility index (Phi) is 4.20. The van der Waals surface area contributed by atoms with Gasteiger partial charge in [0.05, 0.1) is 18.4 Å². The number of aryl methyl sites for hydroxylation is 1. The summed E-state index contributed by atoms with van der Waals surface area (Å²) in [7, 11) is 1.61. The van der Waals surface area contributed by atoms with Gasteiger partial charge in [0.25, 0.3) is 0 Å². The van der Waals surface area contributed by atoms with Crippen LogP contribution in [0.4, 0.5) is 0 Å². The van der Waals surface area contributed by atoms with Gasteiger partial charge in [0, 0.05) is 6.07 Å². The lowest BCUT2D eigenvalue weighted by Crippen LogP contribution is -2.04. The molecule has 5 nitrogen and oxygen atoms in total. The fourth-order valence-corrected chi connectivity index (χ4v) is 1.76. The van der Waals surface area contributed by atoms with E-state index < -0.39 is 5.97 Å². The van der Waals surface area contributed by atoms with Gasteiger partial charge < -0.3 is 14.6 Å². The Morgan fingerprint density at radius 1 is 1.30 bits per heavy atom. The summed E-state index contributed by atoms with van der Waals surface area (Å²) in [4.78, 5) is 15.0. The minimum absolute atomic E-state index is 0.179. The van der Waals surface area contributed by atoms with Crippen LogP contribution in [0, 0.1) is 6.92 Å². The topological polar surface area (TPSA) is 68.7 Å². The van der Waals surface area contributed by atoms with E-state index in [-0.39, 0.29) is 5.56 Å². The number of pyridine rings is 1. The Balaban J connectivity index is 2.07. The Morgan fingerprint density at radius 2 is 2.10 bits per heavy atom. The standard InChI is InChI=1S/C15H15NO4/c1-10-13(15(17)18)6-7-14(16-10)20-9-11-4-3-5-12(8-11)19-2/h3-8H,9H2,1-2H3,(H,17,18). The summed E-state index contributed by atoms with van der Waals surface area (Å²) in [5, 5.41) is 8.93. The number of ether oxygens (including phenoxy) is 2. The maximum absolute atomic E-state index is 10.9. The number of carboxylic acids is 1. The molecule has 1 aromatic carbocycles. The predicted octanol–water partition coefficient (Wildman–Crippen LogP) is 2.68. The predicted molar refractivity (Wildman–Crippen MR) is 73.3 cm³/mol. The number of aromatic carboxylic acids is 1. The summed E-state index contributed by atoms with van der Waals surface area (Å²) in [5.74, 6) is 0.168. The second-order valence-corrected chi connectivity index (χ2v) is 4.23. The van der Waals surface area contributed by atoms with Crippen molar-refractivity contribution < 1.29 is 19.4 Å². The zero-order valence-corrected chi connectivity index (χ0v) is 11.3. The third kappa shape index (κ3) is 3.26. The van der Waals surface area contributed by atoms with Gasteiger partial charge in [-0.1, -0.05) is 12.1 Å². The number of methoxy groups -OCH3 is 1. The van der Waals surface area contributed by atoms with Gasteiger partial charge in [0.15, 0.2) is 0 Å². The van der Waals surface area contributed by atoms with E-state index in [2.05, 4.69) is 4.98 Å². The van der Waals surface area contributed by atoms with Gasteiger partial charge >= 0.3 is 5.97 Å². The molecule has 0 amide bonds. The molecule has 1 heterocycles. The monoisotopic (exact) mass is 273 g/mol. The molecule has 0 spiro atoms. The fourth-order valence-electron chi connectivity index (χ4n) is 1.76. The average Bonchev–Trinajstić information content (AvgIpc) is 2.45. The molecule has 5 heteroatoms. The van der Waals surface area contributed by atoms with Crippen molar-refractivity contribution in [2.24, 2.45) is 0 Å². The number of benzene rings is 1. The van der Waals surface area contributed by atoms with Crippen LogP contribution in [0.25, 0.3) is 0 Å². The van der Waals surface area contributed by atoms with Gasteiger partial charge in [0.2, 0.25) is 5.88 Å². The summed E-state index contributed by atoms with van der Waals surface area (Å²) in [6.45, 7) is 1.98. The van der Waals surface area contributed by atoms with Crippen LogP contribution in [0.3, 0.4) is 0 Å². The first-order valence-corrected chi connectivity index (χ1v) is 6.07. The number of rotatable bonds is 5. The van der Waals surface area contributed by atoms with Gasteiger partial charge in [-0.15, -0.1) is 0 Å². The van der Waals surface area contributed by atoms with Gasteiger partial charge in [-0.05, 0) is 30.7 Å². The van der Waals surface area contributed by atoms with Crippen LogP contribution in [0.15, 0.2) is 36.4 Å². The van der Waals surface area contributed by atoms with E-state index >= 15 is 0 Å². The molecule has 0 radical (unpaired) electrons. The number of carboxylic acid groups (broad SMARTS) is 1. The first-order valence-electron chi connectivity index (χ1n) is 6.07. The van der Waals surface area contributed by atoms with Crippen molar-refractivity contribution in [3.05, 3.63) is 53.2 Å². The molecule has 0 unspecified atom stereocenters. The highest BCUT2D eigenvalue weighted by Gasteiger charge is 2.09. The number of hydrogen-bond acceptors (Lipinski definition) is 4. The highest BCUT2D eigenvalue weighted by atomic mass is 16.5. The molecular weight excluding hydrogens is 258 g/mol. The number of aromatic nitrogens is 1. The Morgan fingerprint density at radius 3 is 2.75 bits per heavy atom. The molecular formula is C15H15NO4. The van der Waals surface area contributed by atoms with Crippen LogP contribution in [0.5, 0.6) is 11.6 Å². The van der Waals surface area contributed by atoms with Gasteiger partial charge in [-0.2, -0.15) is 0 Å². The molecule has 0 bridgehead atoms. The van der Waals surface area contributed by atoms with E-state index in [1.165, 1.54) is 6.07 Å². The zero-order chi connectivity index (χ0) is 14.5. The third-order valence-corrected chi connectivity index (χ3v) is 2.81. The average molecular weight is 273 g/mol. The molecule has 0 aliphatic carbocycles. The summed E-state index contributed by atoms with van der Waals surface area (Å²) >= 11 is 0. The minimum atomic E-state index is -0.991. The fraction of sp³-hybridized carbons (Fsp3) is 0.200. The zero-order valence-electron chi connectivity index (χ0n) is 11.3. The summed E-state index contributed by atoms with van der Waals surface area (Å²) in [6.07, 6.45) is 0. The van der Waals surface area contributed by atoms with Crippen molar-refractivity contribution in [1.29, 1.82) is 0 Å². The van der Waals surface area contributed by atoms with Crippen LogP contribution in [0.1, 0.15) is 21.6 Å². The first-order chi connectivity index (χ1) is 9.60. The lowest BCUT2D eigenvalue weighted by molar-refractivity contribution is 0.0695. The summed E-state index contributed by atoms with van der Waals surface area (Å²) < 4.78 is 10.7. The molecule has 20 heavy (non-hydrogen) atoms. The first kappa shape index (κ1) is 13.9.